The quantitative estimate of drug-likeness (QED) is 0.275. The van der Waals surface area contributed by atoms with Crippen LogP contribution in [0.4, 0.5) is 10.5 Å². The Morgan fingerprint density at radius 3 is 2.39 bits per heavy atom. The van der Waals surface area contributed by atoms with Gasteiger partial charge in [-0.15, -0.1) is 11.3 Å². The molecule has 1 N–H and O–H groups in total. The molecule has 0 radical (unpaired) electrons. The Kier molecular flexibility index (Phi) is 11.4. The highest BCUT2D eigenvalue weighted by molar-refractivity contribution is 9.10. The molecule has 0 spiro atoms. The Labute approximate surface area is 236 Å². The van der Waals surface area contributed by atoms with E-state index in [0.717, 1.165) is 20.5 Å². The van der Waals surface area contributed by atoms with Crippen LogP contribution in [0, 0.1) is 6.92 Å². The summed E-state index contributed by atoms with van der Waals surface area (Å²) in [5.41, 5.74) is 2.79. The van der Waals surface area contributed by atoms with Crippen molar-refractivity contribution in [3.8, 4) is 11.5 Å². The Balaban J connectivity index is 1.77. The molecule has 204 valence electrons. The van der Waals surface area contributed by atoms with Gasteiger partial charge in [0.2, 0.25) is 5.91 Å². The number of rotatable bonds is 13. The van der Waals surface area contributed by atoms with Crippen LogP contribution in [-0.2, 0) is 22.5 Å². The summed E-state index contributed by atoms with van der Waals surface area (Å²) in [6.07, 6.45) is 0.623. The van der Waals surface area contributed by atoms with Crippen LogP contribution < -0.4 is 14.8 Å². The number of para-hydroxylation sites is 1. The lowest BCUT2D eigenvalue weighted by Gasteiger charge is -2.28. The zero-order valence-electron chi connectivity index (χ0n) is 22.2. The Morgan fingerprint density at radius 2 is 1.74 bits per heavy atom. The second kappa shape index (κ2) is 14.8. The summed E-state index contributed by atoms with van der Waals surface area (Å²) in [5.74, 6) is 1.16. The fraction of sp³-hybridized carbons (Fsp3) is 0.357. The molecule has 3 amide bonds. The van der Waals surface area contributed by atoms with Gasteiger partial charge in [-0.3, -0.25) is 4.79 Å². The molecule has 1 aromatic heterocycles. The van der Waals surface area contributed by atoms with E-state index in [1.807, 2.05) is 54.8 Å². The second-order valence-electron chi connectivity index (χ2n) is 8.61. The second-order valence-corrected chi connectivity index (χ2v) is 10.5. The predicted octanol–water partition coefficient (Wildman–Crippen LogP) is 5.59. The molecule has 2 aromatic carbocycles. The molecule has 0 saturated carbocycles. The molecule has 0 aliphatic heterocycles. The summed E-state index contributed by atoms with van der Waals surface area (Å²) >= 11 is 5.08. The predicted molar refractivity (Wildman–Crippen MR) is 154 cm³/mol. The largest absolute Gasteiger partial charge is 0.493 e. The lowest BCUT2D eigenvalue weighted by atomic mass is 10.1. The average Bonchev–Trinajstić information content (AvgIpc) is 3.33. The molecule has 0 saturated heterocycles. The molecule has 38 heavy (non-hydrogen) atoms. The van der Waals surface area contributed by atoms with Crippen LogP contribution in [0.2, 0.25) is 0 Å². The number of benzene rings is 2. The summed E-state index contributed by atoms with van der Waals surface area (Å²) in [7, 11) is 4.77. The summed E-state index contributed by atoms with van der Waals surface area (Å²) in [4.78, 5) is 31.2. The number of methoxy groups -OCH3 is 3. The van der Waals surface area contributed by atoms with Crippen molar-refractivity contribution < 1.29 is 23.8 Å². The number of hydrogen-bond donors (Lipinski definition) is 1. The van der Waals surface area contributed by atoms with Gasteiger partial charge in [0.1, 0.15) is 6.54 Å². The van der Waals surface area contributed by atoms with Crippen molar-refractivity contribution in [2.24, 2.45) is 0 Å². The number of nitrogens with one attached hydrogen (secondary N) is 1. The number of aryl methyl sites for hydroxylation is 1. The van der Waals surface area contributed by atoms with Crippen molar-refractivity contribution in [3.63, 3.8) is 0 Å². The van der Waals surface area contributed by atoms with Crippen molar-refractivity contribution >= 4 is 44.9 Å². The van der Waals surface area contributed by atoms with E-state index in [2.05, 4.69) is 21.2 Å². The first kappa shape index (κ1) is 29.5. The highest BCUT2D eigenvalue weighted by Gasteiger charge is 2.23. The summed E-state index contributed by atoms with van der Waals surface area (Å²) in [6, 6.07) is 14.8. The Hall–Kier alpha value is -3.08. The number of halogens is 1. The zero-order chi connectivity index (χ0) is 27.5. The fourth-order valence-corrected chi connectivity index (χ4v) is 5.11. The SMILES string of the molecule is COCCN(CC(=O)N(CCc1ccc(OC)c(OC)c1)Cc1sccc1C)C(=O)Nc1ccccc1Br. The fourth-order valence-electron chi connectivity index (χ4n) is 3.81. The smallest absolute Gasteiger partial charge is 0.322 e. The van der Waals surface area contributed by atoms with E-state index in [0.29, 0.717) is 43.3 Å². The van der Waals surface area contributed by atoms with Gasteiger partial charge in [-0.05, 0) is 76.1 Å². The minimum absolute atomic E-state index is 0.0734. The van der Waals surface area contributed by atoms with E-state index in [1.165, 1.54) is 4.90 Å². The molecule has 0 unspecified atom stereocenters. The molecule has 0 aliphatic rings. The Morgan fingerprint density at radius 1 is 0.974 bits per heavy atom. The van der Waals surface area contributed by atoms with E-state index in [-0.39, 0.29) is 25.0 Å². The van der Waals surface area contributed by atoms with Crippen LogP contribution in [-0.4, -0.2) is 69.3 Å². The maximum atomic E-state index is 13.6. The molecule has 0 bridgehead atoms. The van der Waals surface area contributed by atoms with Crippen molar-refractivity contribution in [2.75, 3.05) is 52.9 Å². The number of anilines is 1. The lowest BCUT2D eigenvalue weighted by Crippen LogP contribution is -2.46. The monoisotopic (exact) mass is 603 g/mol. The number of urea groups is 1. The molecular weight excluding hydrogens is 570 g/mol. The van der Waals surface area contributed by atoms with Gasteiger partial charge < -0.3 is 29.3 Å². The van der Waals surface area contributed by atoms with Gasteiger partial charge in [0.15, 0.2) is 11.5 Å². The van der Waals surface area contributed by atoms with Crippen LogP contribution in [0.3, 0.4) is 0 Å². The standard InChI is InChI=1S/C28H34BrN3O5S/c1-20-12-16-38-26(20)18-31(13-11-21-9-10-24(36-3)25(17-21)37-4)27(33)19-32(14-15-35-2)28(34)30-23-8-6-5-7-22(23)29/h5-10,12,16-17H,11,13-15,18-19H2,1-4H3,(H,30,34). The van der Waals surface area contributed by atoms with Crippen molar-refractivity contribution in [1.29, 1.82) is 0 Å². The maximum Gasteiger partial charge on any atom is 0.322 e. The van der Waals surface area contributed by atoms with Crippen LogP contribution >= 0.6 is 27.3 Å². The molecular formula is C28H34BrN3O5S. The van der Waals surface area contributed by atoms with Crippen molar-refractivity contribution in [3.05, 3.63) is 74.4 Å². The van der Waals surface area contributed by atoms with Crippen molar-refractivity contribution in [2.45, 2.75) is 19.9 Å². The highest BCUT2D eigenvalue weighted by atomic mass is 79.9. The van der Waals surface area contributed by atoms with Crippen LogP contribution in [0.5, 0.6) is 11.5 Å². The first-order chi connectivity index (χ1) is 18.4. The summed E-state index contributed by atoms with van der Waals surface area (Å²) < 4.78 is 16.7. The maximum absolute atomic E-state index is 13.6. The van der Waals surface area contributed by atoms with Crippen LogP contribution in [0.1, 0.15) is 16.0 Å². The number of carbonyl (C=O) groups excluding carboxylic acids is 2. The molecule has 0 aliphatic carbocycles. The van der Waals surface area contributed by atoms with Gasteiger partial charge >= 0.3 is 6.03 Å². The van der Waals surface area contributed by atoms with E-state index >= 15 is 0 Å². The van der Waals surface area contributed by atoms with E-state index in [4.69, 9.17) is 14.2 Å². The first-order valence-corrected chi connectivity index (χ1v) is 13.8. The third kappa shape index (κ3) is 8.21. The summed E-state index contributed by atoms with van der Waals surface area (Å²) in [5, 5.41) is 4.92. The Bertz CT molecular complexity index is 1220. The molecule has 1 heterocycles. The van der Waals surface area contributed by atoms with Gasteiger partial charge in [-0.1, -0.05) is 18.2 Å². The van der Waals surface area contributed by atoms with Gasteiger partial charge in [-0.25, -0.2) is 4.79 Å². The molecule has 0 fully saturated rings. The van der Waals surface area contributed by atoms with Crippen molar-refractivity contribution in [1.82, 2.24) is 9.80 Å². The molecule has 0 atom stereocenters. The molecule has 3 aromatic rings. The first-order valence-electron chi connectivity index (χ1n) is 12.2. The average molecular weight is 605 g/mol. The summed E-state index contributed by atoms with van der Waals surface area (Å²) in [6.45, 7) is 3.51. The number of nitrogens with zero attached hydrogens (tertiary/aromatic N) is 2. The van der Waals surface area contributed by atoms with Gasteiger partial charge in [0.25, 0.3) is 0 Å². The van der Waals surface area contributed by atoms with Crippen LogP contribution in [0.15, 0.2) is 58.4 Å². The van der Waals surface area contributed by atoms with E-state index < -0.39 is 0 Å². The molecule has 10 heteroatoms. The lowest BCUT2D eigenvalue weighted by molar-refractivity contribution is -0.132. The normalized spacial score (nSPS) is 10.7. The van der Waals surface area contributed by atoms with Crippen LogP contribution in [0.25, 0.3) is 0 Å². The molecule has 3 rings (SSSR count). The molecule has 8 nitrogen and oxygen atoms in total. The minimum Gasteiger partial charge on any atom is -0.493 e. The van der Waals surface area contributed by atoms with E-state index in [1.54, 1.807) is 43.6 Å². The third-order valence-corrected chi connectivity index (χ3v) is 7.77. The van der Waals surface area contributed by atoms with Gasteiger partial charge in [0.05, 0.1) is 33.1 Å². The number of carbonyl (C=O) groups is 2. The number of ether oxygens (including phenoxy) is 3. The third-order valence-electron chi connectivity index (χ3n) is 6.07. The minimum atomic E-state index is -0.366. The number of hydrogen-bond acceptors (Lipinski definition) is 6. The number of thiophene rings is 1. The van der Waals surface area contributed by atoms with E-state index in [9.17, 15) is 9.59 Å². The zero-order valence-corrected chi connectivity index (χ0v) is 24.6. The number of amides is 3. The topological polar surface area (TPSA) is 80.3 Å². The van der Waals surface area contributed by atoms with Gasteiger partial charge in [-0.2, -0.15) is 0 Å². The van der Waals surface area contributed by atoms with Gasteiger partial charge in [0, 0.05) is 29.5 Å². The highest BCUT2D eigenvalue weighted by Crippen LogP contribution is 2.28.